The fourth-order valence-corrected chi connectivity index (χ4v) is 3.02. The fourth-order valence-electron chi connectivity index (χ4n) is 3.02. The molecule has 128 valence electrons. The molecule has 0 saturated carbocycles. The van der Waals surface area contributed by atoms with E-state index in [2.05, 4.69) is 0 Å². The quantitative estimate of drug-likeness (QED) is 0.840. The van der Waals surface area contributed by atoms with Crippen molar-refractivity contribution in [1.82, 2.24) is 4.90 Å². The summed E-state index contributed by atoms with van der Waals surface area (Å²) in [6.07, 6.45) is 3.57. The Morgan fingerprint density at radius 1 is 1.26 bits per heavy atom. The number of ether oxygens (including phenoxy) is 1. The molecule has 4 nitrogen and oxygen atoms in total. The molecule has 1 fully saturated rings. The Balaban J connectivity index is 1.93. The average molecular weight is 319 g/mol. The molecular formula is C19H29NO3. The van der Waals surface area contributed by atoms with Crippen LogP contribution in [0.3, 0.4) is 0 Å². The van der Waals surface area contributed by atoms with Gasteiger partial charge in [0, 0.05) is 32.7 Å². The third-order valence-corrected chi connectivity index (χ3v) is 4.25. The molecule has 0 aliphatic carbocycles. The summed E-state index contributed by atoms with van der Waals surface area (Å²) in [6, 6.07) is 9.96. The van der Waals surface area contributed by atoms with Crippen LogP contribution in [0.5, 0.6) is 0 Å². The summed E-state index contributed by atoms with van der Waals surface area (Å²) >= 11 is 0. The Morgan fingerprint density at radius 3 is 2.52 bits per heavy atom. The van der Waals surface area contributed by atoms with E-state index in [1.54, 1.807) is 18.7 Å². The lowest BCUT2D eigenvalue weighted by molar-refractivity contribution is -0.135. The van der Waals surface area contributed by atoms with Crippen molar-refractivity contribution in [2.45, 2.75) is 51.7 Å². The van der Waals surface area contributed by atoms with Gasteiger partial charge in [-0.3, -0.25) is 4.79 Å². The molecule has 1 amide bonds. The third-order valence-electron chi connectivity index (χ3n) is 4.25. The molecule has 1 aromatic rings. The zero-order chi connectivity index (χ0) is 16.7. The van der Waals surface area contributed by atoms with Crippen LogP contribution in [0.1, 0.15) is 45.1 Å². The highest BCUT2D eigenvalue weighted by Crippen LogP contribution is 2.21. The molecule has 0 unspecified atom stereocenters. The average Bonchev–Trinajstić information content (AvgIpc) is 2.53. The molecule has 0 spiro atoms. The molecule has 1 heterocycles. The summed E-state index contributed by atoms with van der Waals surface area (Å²) in [5.74, 6) is 0.718. The van der Waals surface area contributed by atoms with E-state index in [1.807, 2.05) is 30.3 Å². The van der Waals surface area contributed by atoms with Crippen molar-refractivity contribution >= 4 is 5.91 Å². The molecule has 0 radical (unpaired) electrons. The summed E-state index contributed by atoms with van der Waals surface area (Å²) in [6.45, 7) is 6.03. The molecule has 0 aromatic heterocycles. The maximum absolute atomic E-state index is 12.7. The van der Waals surface area contributed by atoms with Gasteiger partial charge in [0.2, 0.25) is 5.91 Å². The highest BCUT2D eigenvalue weighted by Gasteiger charge is 2.24. The molecule has 1 N–H and O–H groups in total. The van der Waals surface area contributed by atoms with Crippen molar-refractivity contribution in [2.24, 2.45) is 5.92 Å². The molecule has 0 bridgehead atoms. The van der Waals surface area contributed by atoms with Crippen molar-refractivity contribution < 1.29 is 14.6 Å². The molecular weight excluding hydrogens is 290 g/mol. The van der Waals surface area contributed by atoms with E-state index in [0.717, 1.165) is 38.0 Å². The van der Waals surface area contributed by atoms with Crippen molar-refractivity contribution in [3.05, 3.63) is 35.9 Å². The molecule has 0 atom stereocenters. The molecule has 1 aliphatic heterocycles. The van der Waals surface area contributed by atoms with Gasteiger partial charge in [-0.05, 0) is 44.6 Å². The molecule has 4 heteroatoms. The zero-order valence-corrected chi connectivity index (χ0v) is 14.3. The second-order valence-corrected chi connectivity index (χ2v) is 7.14. The maximum Gasteiger partial charge on any atom is 0.222 e. The van der Waals surface area contributed by atoms with E-state index in [0.29, 0.717) is 25.4 Å². The van der Waals surface area contributed by atoms with E-state index in [1.165, 1.54) is 0 Å². The van der Waals surface area contributed by atoms with E-state index in [4.69, 9.17) is 4.74 Å². The summed E-state index contributed by atoms with van der Waals surface area (Å²) in [7, 11) is 0. The Bertz CT molecular complexity index is 475. The largest absolute Gasteiger partial charge is 0.389 e. The summed E-state index contributed by atoms with van der Waals surface area (Å²) < 4.78 is 5.37. The van der Waals surface area contributed by atoms with Crippen LogP contribution in [0.4, 0.5) is 0 Å². The first-order chi connectivity index (χ1) is 10.9. The lowest BCUT2D eigenvalue weighted by Crippen LogP contribution is -2.42. The summed E-state index contributed by atoms with van der Waals surface area (Å²) in [5, 5.41) is 10.1. The van der Waals surface area contributed by atoms with Gasteiger partial charge in [-0.15, -0.1) is 0 Å². The highest BCUT2D eigenvalue weighted by atomic mass is 16.5. The van der Waals surface area contributed by atoms with Crippen LogP contribution in [0.2, 0.25) is 0 Å². The van der Waals surface area contributed by atoms with E-state index in [9.17, 15) is 9.90 Å². The fraction of sp³-hybridized carbons (Fsp3) is 0.632. The van der Waals surface area contributed by atoms with Gasteiger partial charge in [-0.25, -0.2) is 0 Å². The number of benzene rings is 1. The van der Waals surface area contributed by atoms with Crippen LogP contribution in [-0.2, 0) is 16.1 Å². The van der Waals surface area contributed by atoms with Crippen molar-refractivity contribution in [3.8, 4) is 0 Å². The van der Waals surface area contributed by atoms with Gasteiger partial charge < -0.3 is 14.7 Å². The minimum atomic E-state index is -0.886. The molecule has 1 saturated heterocycles. The van der Waals surface area contributed by atoms with Gasteiger partial charge in [0.15, 0.2) is 0 Å². The topological polar surface area (TPSA) is 49.8 Å². The number of hydrogen-bond donors (Lipinski definition) is 1. The van der Waals surface area contributed by atoms with E-state index in [-0.39, 0.29) is 5.91 Å². The number of carbonyl (C=O) groups excluding carboxylic acids is 1. The van der Waals surface area contributed by atoms with Crippen molar-refractivity contribution in [1.29, 1.82) is 0 Å². The van der Waals surface area contributed by atoms with Gasteiger partial charge >= 0.3 is 0 Å². The monoisotopic (exact) mass is 319 g/mol. The smallest absolute Gasteiger partial charge is 0.222 e. The normalized spacial score (nSPS) is 16.3. The predicted octanol–water partition coefficient (Wildman–Crippen LogP) is 2.99. The number of carbonyl (C=O) groups is 1. The number of amides is 1. The molecule has 1 aliphatic rings. The first-order valence-electron chi connectivity index (χ1n) is 8.56. The first-order valence-corrected chi connectivity index (χ1v) is 8.56. The second kappa shape index (κ2) is 8.46. The van der Waals surface area contributed by atoms with Crippen LogP contribution < -0.4 is 0 Å². The van der Waals surface area contributed by atoms with Crippen LogP contribution in [0.15, 0.2) is 30.3 Å². The zero-order valence-electron chi connectivity index (χ0n) is 14.3. The number of rotatable bonds is 7. The number of hydrogen-bond acceptors (Lipinski definition) is 3. The Kier molecular flexibility index (Phi) is 6.60. The summed E-state index contributed by atoms with van der Waals surface area (Å²) in [4.78, 5) is 14.4. The van der Waals surface area contributed by atoms with Crippen LogP contribution in [0, 0.1) is 5.92 Å². The van der Waals surface area contributed by atoms with Gasteiger partial charge in [0.25, 0.3) is 0 Å². The van der Waals surface area contributed by atoms with Gasteiger partial charge in [0.05, 0.1) is 5.60 Å². The first kappa shape index (κ1) is 18.0. The summed E-state index contributed by atoms with van der Waals surface area (Å²) in [5.41, 5.74) is 0.208. The Morgan fingerprint density at radius 2 is 1.91 bits per heavy atom. The standard InChI is InChI=1S/C19H29NO3/c1-19(2,22)15-20(14-17-6-4-3-5-7-17)18(21)9-8-16-10-12-23-13-11-16/h3-7,16,22H,8-15H2,1-2H3. The third kappa shape index (κ3) is 6.71. The van der Waals surface area contributed by atoms with Crippen molar-refractivity contribution in [2.75, 3.05) is 19.8 Å². The lowest BCUT2D eigenvalue weighted by Gasteiger charge is -2.30. The van der Waals surface area contributed by atoms with Crippen LogP contribution in [0.25, 0.3) is 0 Å². The lowest BCUT2D eigenvalue weighted by atomic mass is 9.94. The van der Waals surface area contributed by atoms with Gasteiger partial charge in [0.1, 0.15) is 0 Å². The van der Waals surface area contributed by atoms with Crippen molar-refractivity contribution in [3.63, 3.8) is 0 Å². The minimum absolute atomic E-state index is 0.127. The molecule has 2 rings (SSSR count). The van der Waals surface area contributed by atoms with E-state index < -0.39 is 5.60 Å². The van der Waals surface area contributed by atoms with Gasteiger partial charge in [-0.2, -0.15) is 0 Å². The number of aliphatic hydroxyl groups is 1. The van der Waals surface area contributed by atoms with E-state index >= 15 is 0 Å². The minimum Gasteiger partial charge on any atom is -0.389 e. The van der Waals surface area contributed by atoms with Crippen LogP contribution >= 0.6 is 0 Å². The van der Waals surface area contributed by atoms with Crippen LogP contribution in [-0.4, -0.2) is 41.3 Å². The Hall–Kier alpha value is -1.39. The second-order valence-electron chi connectivity index (χ2n) is 7.14. The van der Waals surface area contributed by atoms with Gasteiger partial charge in [-0.1, -0.05) is 30.3 Å². The highest BCUT2D eigenvalue weighted by molar-refractivity contribution is 5.76. The Labute approximate surface area is 139 Å². The predicted molar refractivity (Wildman–Crippen MR) is 90.9 cm³/mol. The molecule has 23 heavy (non-hydrogen) atoms. The number of nitrogens with zero attached hydrogens (tertiary/aromatic N) is 1. The SMILES string of the molecule is CC(C)(O)CN(Cc1ccccc1)C(=O)CCC1CCOCC1. The maximum atomic E-state index is 12.7. The molecule has 1 aromatic carbocycles.